The van der Waals surface area contributed by atoms with Gasteiger partial charge in [0.2, 0.25) is 5.91 Å². The van der Waals surface area contributed by atoms with Gasteiger partial charge in [0.25, 0.3) is 0 Å². The zero-order valence-corrected chi connectivity index (χ0v) is 15.7. The summed E-state index contributed by atoms with van der Waals surface area (Å²) in [6, 6.07) is 7.53. The fourth-order valence-corrected chi connectivity index (χ4v) is 4.31. The van der Waals surface area contributed by atoms with Crippen molar-refractivity contribution in [3.8, 4) is 11.4 Å². The number of rotatable bonds is 3. The van der Waals surface area contributed by atoms with E-state index < -0.39 is 0 Å². The molecule has 0 bridgehead atoms. The number of hydrogen-bond acceptors (Lipinski definition) is 4. The molecule has 2 aliphatic rings. The summed E-state index contributed by atoms with van der Waals surface area (Å²) in [6.45, 7) is 3.48. The molecule has 0 N–H and O–H groups in total. The van der Waals surface area contributed by atoms with Crippen molar-refractivity contribution in [3.63, 3.8) is 0 Å². The van der Waals surface area contributed by atoms with Crippen LogP contribution in [0.3, 0.4) is 0 Å². The van der Waals surface area contributed by atoms with Gasteiger partial charge in [0.15, 0.2) is 5.82 Å². The lowest BCUT2D eigenvalue weighted by atomic mass is 9.78. The van der Waals surface area contributed by atoms with Gasteiger partial charge in [-0.1, -0.05) is 11.6 Å². The highest BCUT2D eigenvalue weighted by Crippen LogP contribution is 2.40. The number of amides is 1. The van der Waals surface area contributed by atoms with Gasteiger partial charge >= 0.3 is 0 Å². The Kier molecular flexibility index (Phi) is 4.67. The summed E-state index contributed by atoms with van der Waals surface area (Å²) in [6.07, 6.45) is 6.85. The molecule has 26 heavy (non-hydrogen) atoms. The van der Waals surface area contributed by atoms with E-state index in [9.17, 15) is 4.79 Å². The van der Waals surface area contributed by atoms with Gasteiger partial charge < -0.3 is 4.90 Å². The monoisotopic (exact) mass is 370 g/mol. The Balaban J connectivity index is 1.42. The Morgan fingerprint density at radius 3 is 2.58 bits per heavy atom. The van der Waals surface area contributed by atoms with E-state index in [1.54, 1.807) is 0 Å². The average molecular weight is 371 g/mol. The summed E-state index contributed by atoms with van der Waals surface area (Å²) in [5, 5.41) is 0.705. The van der Waals surface area contributed by atoms with Crippen molar-refractivity contribution in [1.29, 1.82) is 0 Å². The minimum absolute atomic E-state index is 0.170. The molecule has 2 aromatic rings. The Bertz CT molecular complexity index is 792. The van der Waals surface area contributed by atoms with E-state index in [-0.39, 0.29) is 5.41 Å². The molecule has 1 aromatic heterocycles. The van der Waals surface area contributed by atoms with Crippen molar-refractivity contribution in [1.82, 2.24) is 19.8 Å². The van der Waals surface area contributed by atoms with Crippen LogP contribution in [0.5, 0.6) is 0 Å². The molecule has 0 radical (unpaired) electrons. The smallest absolute Gasteiger partial charge is 0.229 e. The van der Waals surface area contributed by atoms with Crippen LogP contribution in [0.1, 0.15) is 24.8 Å². The standard InChI is InChI=1S/C20H23ClN4O/c1-24-9-2-7-20(19(24)26)8-10-25(14-20)13-15-11-22-18(23-12-15)16-3-5-17(21)6-4-16/h3-6,11-12H,2,7-10,13-14H2,1H3/t20-/m1/s1. The molecular formula is C20H23ClN4O. The van der Waals surface area contributed by atoms with Crippen molar-refractivity contribution < 1.29 is 4.79 Å². The van der Waals surface area contributed by atoms with Crippen LogP contribution < -0.4 is 0 Å². The molecule has 2 aliphatic heterocycles. The quantitative estimate of drug-likeness (QED) is 0.832. The van der Waals surface area contributed by atoms with Crippen LogP contribution >= 0.6 is 11.6 Å². The number of aromatic nitrogens is 2. The van der Waals surface area contributed by atoms with Gasteiger partial charge in [-0.25, -0.2) is 9.97 Å². The van der Waals surface area contributed by atoms with Crippen molar-refractivity contribution in [2.24, 2.45) is 5.41 Å². The van der Waals surface area contributed by atoms with E-state index in [2.05, 4.69) is 14.9 Å². The van der Waals surface area contributed by atoms with Crippen LogP contribution in [-0.2, 0) is 11.3 Å². The van der Waals surface area contributed by atoms with Gasteiger partial charge in [-0.2, -0.15) is 0 Å². The van der Waals surface area contributed by atoms with Crippen LogP contribution in [-0.4, -0.2) is 52.4 Å². The number of likely N-dealkylation sites (tertiary alicyclic amines) is 2. The molecule has 1 atom stereocenters. The Hall–Kier alpha value is -1.98. The molecule has 136 valence electrons. The average Bonchev–Trinajstić information content (AvgIpc) is 3.05. The summed E-state index contributed by atoms with van der Waals surface area (Å²) >= 11 is 5.93. The van der Waals surface area contributed by atoms with Gasteiger partial charge in [0.1, 0.15) is 0 Å². The summed E-state index contributed by atoms with van der Waals surface area (Å²) in [5.74, 6) is 1.02. The second-order valence-corrected chi connectivity index (χ2v) is 7.93. The second kappa shape index (κ2) is 6.97. The van der Waals surface area contributed by atoms with Crippen molar-refractivity contribution in [2.75, 3.05) is 26.7 Å². The van der Waals surface area contributed by atoms with Gasteiger partial charge in [-0.05, 0) is 50.1 Å². The number of benzene rings is 1. The predicted molar refractivity (Wildman–Crippen MR) is 102 cm³/mol. The van der Waals surface area contributed by atoms with Crippen LogP contribution in [0.4, 0.5) is 0 Å². The van der Waals surface area contributed by atoms with E-state index in [0.717, 1.165) is 56.6 Å². The molecule has 1 aromatic carbocycles. The number of hydrogen-bond donors (Lipinski definition) is 0. The topological polar surface area (TPSA) is 49.3 Å². The molecule has 0 aliphatic carbocycles. The lowest BCUT2D eigenvalue weighted by molar-refractivity contribution is -0.143. The van der Waals surface area contributed by atoms with E-state index >= 15 is 0 Å². The maximum Gasteiger partial charge on any atom is 0.229 e. The maximum absolute atomic E-state index is 12.6. The number of halogens is 1. The lowest BCUT2D eigenvalue weighted by Crippen LogP contribution is -2.48. The molecule has 6 heteroatoms. The van der Waals surface area contributed by atoms with Crippen molar-refractivity contribution in [3.05, 3.63) is 47.2 Å². The van der Waals surface area contributed by atoms with E-state index in [4.69, 9.17) is 11.6 Å². The molecule has 3 heterocycles. The largest absolute Gasteiger partial charge is 0.345 e. The SMILES string of the molecule is CN1CCC[C@]2(CCN(Cc3cnc(-c4ccc(Cl)cc4)nc3)C2)C1=O. The molecule has 1 amide bonds. The number of carbonyl (C=O) groups excluding carboxylic acids is 1. The number of nitrogens with zero attached hydrogens (tertiary/aromatic N) is 4. The lowest BCUT2D eigenvalue weighted by Gasteiger charge is -2.37. The third-order valence-electron chi connectivity index (χ3n) is 5.60. The predicted octanol–water partition coefficient (Wildman–Crippen LogP) is 3.24. The molecule has 2 fully saturated rings. The highest BCUT2D eigenvalue weighted by atomic mass is 35.5. The van der Waals surface area contributed by atoms with E-state index in [1.807, 2.05) is 48.6 Å². The molecule has 2 saturated heterocycles. The van der Waals surface area contributed by atoms with Gasteiger partial charge in [-0.15, -0.1) is 0 Å². The Labute approximate surface area is 159 Å². The van der Waals surface area contributed by atoms with E-state index in [1.165, 1.54) is 0 Å². The van der Waals surface area contributed by atoms with Crippen molar-refractivity contribution in [2.45, 2.75) is 25.8 Å². The third kappa shape index (κ3) is 3.33. The summed E-state index contributed by atoms with van der Waals surface area (Å²) in [5.41, 5.74) is 1.87. The molecular weight excluding hydrogens is 348 g/mol. The van der Waals surface area contributed by atoms with Gasteiger partial charge in [-0.3, -0.25) is 9.69 Å². The first-order valence-corrected chi connectivity index (χ1v) is 9.48. The summed E-state index contributed by atoms with van der Waals surface area (Å²) in [7, 11) is 1.93. The minimum atomic E-state index is -0.170. The molecule has 0 saturated carbocycles. The maximum atomic E-state index is 12.6. The first-order chi connectivity index (χ1) is 12.6. The molecule has 1 spiro atoms. The Morgan fingerprint density at radius 2 is 1.85 bits per heavy atom. The van der Waals surface area contributed by atoms with Crippen LogP contribution in [0.2, 0.25) is 5.02 Å². The molecule has 0 unspecified atom stereocenters. The second-order valence-electron chi connectivity index (χ2n) is 7.49. The first kappa shape index (κ1) is 17.4. The van der Waals surface area contributed by atoms with Gasteiger partial charge in [0, 0.05) is 55.2 Å². The number of carbonyl (C=O) groups is 1. The fraction of sp³-hybridized carbons (Fsp3) is 0.450. The summed E-state index contributed by atoms with van der Waals surface area (Å²) < 4.78 is 0. The zero-order valence-electron chi connectivity index (χ0n) is 15.0. The minimum Gasteiger partial charge on any atom is -0.345 e. The number of piperidine rings is 1. The Morgan fingerprint density at radius 1 is 1.12 bits per heavy atom. The van der Waals surface area contributed by atoms with Crippen LogP contribution in [0.15, 0.2) is 36.7 Å². The van der Waals surface area contributed by atoms with Gasteiger partial charge in [0.05, 0.1) is 5.41 Å². The van der Waals surface area contributed by atoms with Crippen LogP contribution in [0.25, 0.3) is 11.4 Å². The first-order valence-electron chi connectivity index (χ1n) is 9.11. The molecule has 4 rings (SSSR count). The summed E-state index contributed by atoms with van der Waals surface area (Å²) in [4.78, 5) is 25.9. The third-order valence-corrected chi connectivity index (χ3v) is 5.85. The van der Waals surface area contributed by atoms with Crippen molar-refractivity contribution >= 4 is 17.5 Å². The normalized spacial score (nSPS) is 23.8. The molecule has 5 nitrogen and oxygen atoms in total. The fourth-order valence-electron chi connectivity index (χ4n) is 4.18. The zero-order chi connectivity index (χ0) is 18.1. The van der Waals surface area contributed by atoms with E-state index in [0.29, 0.717) is 16.8 Å². The highest BCUT2D eigenvalue weighted by Gasteiger charge is 2.47. The van der Waals surface area contributed by atoms with Crippen LogP contribution in [0, 0.1) is 5.41 Å². The highest BCUT2D eigenvalue weighted by molar-refractivity contribution is 6.30.